The molecule has 0 radical (unpaired) electrons. The van der Waals surface area contributed by atoms with Crippen LogP contribution in [-0.4, -0.2) is 36.9 Å². The smallest absolute Gasteiger partial charge is 0.410 e. The van der Waals surface area contributed by atoms with E-state index < -0.39 is 24.1 Å². The molecule has 0 aromatic heterocycles. The molecule has 1 heterocycles. The first-order valence-corrected chi connectivity index (χ1v) is 5.75. The lowest BCUT2D eigenvalue weighted by atomic mass is 9.91. The molecule has 0 saturated carbocycles. The summed E-state index contributed by atoms with van der Waals surface area (Å²) in [5, 5.41) is 10.6. The van der Waals surface area contributed by atoms with Crippen LogP contribution >= 0.6 is 0 Å². The highest BCUT2D eigenvalue weighted by Crippen LogP contribution is 2.32. The minimum Gasteiger partial charge on any atom is -0.465 e. The number of aliphatic imine (C=N–C) groups is 1. The Morgan fingerprint density at radius 2 is 2.35 bits per heavy atom. The summed E-state index contributed by atoms with van der Waals surface area (Å²) >= 11 is 0. The van der Waals surface area contributed by atoms with Crippen LogP contribution in [0.3, 0.4) is 0 Å². The monoisotopic (exact) mass is 285 g/mol. The van der Waals surface area contributed by atoms with Crippen LogP contribution in [0.1, 0.15) is 5.56 Å². The fourth-order valence-corrected chi connectivity index (χ4v) is 2.00. The SMILES string of the molecule is Nc1ccc(F)c(C2(CF)COCC(NC(=O)O)=N2)c1. The van der Waals surface area contributed by atoms with Gasteiger partial charge in [-0.15, -0.1) is 0 Å². The first kappa shape index (κ1) is 14.2. The summed E-state index contributed by atoms with van der Waals surface area (Å²) in [6.45, 7) is -1.36. The Morgan fingerprint density at radius 3 is 3.00 bits per heavy atom. The third-order valence-electron chi connectivity index (χ3n) is 2.89. The summed E-state index contributed by atoms with van der Waals surface area (Å²) in [6.07, 6.45) is -1.35. The molecule has 1 amide bonds. The van der Waals surface area contributed by atoms with E-state index in [0.717, 1.165) is 6.07 Å². The van der Waals surface area contributed by atoms with Crippen LogP contribution in [0, 0.1) is 5.82 Å². The molecule has 1 aromatic carbocycles. The number of nitrogen functional groups attached to an aromatic ring is 1. The van der Waals surface area contributed by atoms with Gasteiger partial charge in [-0.05, 0) is 18.2 Å². The van der Waals surface area contributed by atoms with E-state index in [-0.39, 0.29) is 30.3 Å². The number of anilines is 1. The van der Waals surface area contributed by atoms with Crippen molar-refractivity contribution in [1.82, 2.24) is 5.32 Å². The van der Waals surface area contributed by atoms with Gasteiger partial charge >= 0.3 is 6.09 Å². The van der Waals surface area contributed by atoms with Crippen molar-refractivity contribution in [2.75, 3.05) is 25.6 Å². The van der Waals surface area contributed by atoms with E-state index in [0.29, 0.717) is 0 Å². The number of hydrogen-bond donors (Lipinski definition) is 3. The fourth-order valence-electron chi connectivity index (χ4n) is 2.00. The molecule has 108 valence electrons. The lowest BCUT2D eigenvalue weighted by Gasteiger charge is -2.32. The number of benzene rings is 1. The van der Waals surface area contributed by atoms with Gasteiger partial charge in [0.25, 0.3) is 0 Å². The van der Waals surface area contributed by atoms with Crippen molar-refractivity contribution in [2.45, 2.75) is 5.54 Å². The number of nitrogens with zero attached hydrogens (tertiary/aromatic N) is 1. The van der Waals surface area contributed by atoms with Crippen molar-refractivity contribution in [2.24, 2.45) is 4.99 Å². The molecular weight excluding hydrogens is 272 g/mol. The molecule has 20 heavy (non-hydrogen) atoms. The number of nitrogens with one attached hydrogen (secondary N) is 1. The number of halogens is 2. The normalized spacial score (nSPS) is 22.2. The van der Waals surface area contributed by atoms with Gasteiger partial charge in [-0.1, -0.05) is 0 Å². The predicted octanol–water partition coefficient (Wildman–Crippen LogP) is 1.27. The van der Waals surface area contributed by atoms with Crippen molar-refractivity contribution in [3.8, 4) is 0 Å². The highest BCUT2D eigenvalue weighted by Gasteiger charge is 2.38. The second-order valence-corrected chi connectivity index (χ2v) is 4.39. The number of carbonyl (C=O) groups is 1. The topological polar surface area (TPSA) is 96.9 Å². The first-order valence-electron chi connectivity index (χ1n) is 5.75. The lowest BCUT2D eigenvalue weighted by molar-refractivity contribution is 0.0793. The van der Waals surface area contributed by atoms with Gasteiger partial charge in [-0.2, -0.15) is 0 Å². The van der Waals surface area contributed by atoms with Crippen LogP contribution in [-0.2, 0) is 10.3 Å². The van der Waals surface area contributed by atoms with Crippen LogP contribution in [0.25, 0.3) is 0 Å². The number of amides is 1. The van der Waals surface area contributed by atoms with Gasteiger partial charge in [0.1, 0.15) is 30.5 Å². The minimum atomic E-state index is -1.63. The molecule has 1 aromatic rings. The third kappa shape index (κ3) is 2.69. The Bertz CT molecular complexity index is 565. The second-order valence-electron chi connectivity index (χ2n) is 4.39. The molecule has 0 bridgehead atoms. The molecule has 1 unspecified atom stereocenters. The molecule has 1 aliphatic heterocycles. The summed E-state index contributed by atoms with van der Waals surface area (Å²) in [5.74, 6) is -0.760. The second kappa shape index (κ2) is 5.41. The Balaban J connectivity index is 2.47. The number of rotatable bonds is 2. The zero-order valence-electron chi connectivity index (χ0n) is 10.4. The Hall–Kier alpha value is -2.22. The van der Waals surface area contributed by atoms with Gasteiger partial charge in [0.2, 0.25) is 0 Å². The van der Waals surface area contributed by atoms with E-state index in [1.807, 2.05) is 5.32 Å². The standard InChI is InChI=1S/C12H13F2N3O3/c13-5-12(8-3-7(15)1-2-9(8)14)6-20-4-10(17-12)16-11(18)19/h1-3H,4-6,15H2,(H,16,17)(H,18,19). The van der Waals surface area contributed by atoms with Crippen LogP contribution in [0.4, 0.5) is 19.3 Å². The molecule has 0 saturated heterocycles. The van der Waals surface area contributed by atoms with E-state index in [2.05, 4.69) is 4.99 Å². The Kier molecular flexibility index (Phi) is 3.84. The van der Waals surface area contributed by atoms with Crippen molar-refractivity contribution >= 4 is 17.6 Å². The average molecular weight is 285 g/mol. The maximum Gasteiger partial charge on any atom is 0.410 e. The number of ether oxygens (including phenoxy) is 1. The molecule has 2 rings (SSSR count). The number of hydrogen-bond acceptors (Lipinski definition) is 4. The average Bonchev–Trinajstić information content (AvgIpc) is 2.41. The largest absolute Gasteiger partial charge is 0.465 e. The predicted molar refractivity (Wildman–Crippen MR) is 67.9 cm³/mol. The molecule has 4 N–H and O–H groups in total. The maximum atomic E-state index is 13.9. The zero-order valence-corrected chi connectivity index (χ0v) is 10.4. The van der Waals surface area contributed by atoms with Gasteiger partial charge in [-0.3, -0.25) is 10.3 Å². The van der Waals surface area contributed by atoms with E-state index in [4.69, 9.17) is 15.6 Å². The van der Waals surface area contributed by atoms with Gasteiger partial charge in [-0.25, -0.2) is 13.6 Å². The van der Waals surface area contributed by atoms with Crippen molar-refractivity contribution in [1.29, 1.82) is 0 Å². The summed E-state index contributed by atoms with van der Waals surface area (Å²) < 4.78 is 32.5. The van der Waals surface area contributed by atoms with Crippen molar-refractivity contribution in [3.63, 3.8) is 0 Å². The quantitative estimate of drug-likeness (QED) is 0.713. The van der Waals surface area contributed by atoms with Crippen LogP contribution in [0.15, 0.2) is 23.2 Å². The number of carboxylic acid groups (broad SMARTS) is 1. The zero-order chi connectivity index (χ0) is 14.8. The van der Waals surface area contributed by atoms with Crippen molar-refractivity contribution < 1.29 is 23.4 Å². The van der Waals surface area contributed by atoms with Crippen LogP contribution in [0.2, 0.25) is 0 Å². The highest BCUT2D eigenvalue weighted by atomic mass is 19.1. The molecule has 6 nitrogen and oxygen atoms in total. The van der Waals surface area contributed by atoms with E-state index in [1.165, 1.54) is 12.1 Å². The van der Waals surface area contributed by atoms with Crippen LogP contribution < -0.4 is 11.1 Å². The minimum absolute atomic E-state index is 0.0654. The summed E-state index contributed by atoms with van der Waals surface area (Å²) in [6, 6.07) is 3.72. The maximum absolute atomic E-state index is 13.9. The van der Waals surface area contributed by atoms with Gasteiger partial charge < -0.3 is 15.6 Å². The molecule has 0 aliphatic carbocycles. The fraction of sp³-hybridized carbons (Fsp3) is 0.333. The van der Waals surface area contributed by atoms with E-state index in [9.17, 15) is 13.6 Å². The Morgan fingerprint density at radius 1 is 1.60 bits per heavy atom. The molecule has 0 fully saturated rings. The molecule has 0 spiro atoms. The van der Waals surface area contributed by atoms with E-state index in [1.54, 1.807) is 0 Å². The Labute approximate surface area is 113 Å². The third-order valence-corrected chi connectivity index (χ3v) is 2.89. The number of alkyl halides is 1. The number of amidine groups is 1. The van der Waals surface area contributed by atoms with Gasteiger partial charge in [0.15, 0.2) is 0 Å². The molecule has 8 heteroatoms. The van der Waals surface area contributed by atoms with Gasteiger partial charge in [0.05, 0.1) is 6.61 Å². The van der Waals surface area contributed by atoms with Crippen LogP contribution in [0.5, 0.6) is 0 Å². The van der Waals surface area contributed by atoms with Crippen molar-refractivity contribution in [3.05, 3.63) is 29.6 Å². The number of nitrogens with two attached hydrogens (primary N) is 1. The molecule has 1 aliphatic rings. The molecule has 1 atom stereocenters. The summed E-state index contributed by atoms with van der Waals surface area (Å²) in [5.41, 5.74) is 4.13. The first-order chi connectivity index (χ1) is 9.47. The lowest BCUT2D eigenvalue weighted by Crippen LogP contribution is -2.45. The van der Waals surface area contributed by atoms with E-state index >= 15 is 0 Å². The molecular formula is C12H13F2N3O3. The highest BCUT2D eigenvalue weighted by molar-refractivity contribution is 5.96. The van der Waals surface area contributed by atoms with Gasteiger partial charge in [0, 0.05) is 11.3 Å². The summed E-state index contributed by atoms with van der Waals surface area (Å²) in [7, 11) is 0. The summed E-state index contributed by atoms with van der Waals surface area (Å²) in [4.78, 5) is 14.6.